The van der Waals surface area contributed by atoms with Gasteiger partial charge in [0.1, 0.15) is 0 Å². The van der Waals surface area contributed by atoms with Crippen molar-refractivity contribution in [2.45, 2.75) is 11.4 Å². The minimum Gasteiger partial charge on any atom is -0.383 e. The Kier molecular flexibility index (Phi) is 6.05. The fraction of sp³-hybridized carbons (Fsp3) is 0.400. The van der Waals surface area contributed by atoms with E-state index >= 15 is 0 Å². The molecular formula is C10H17N3O5S2. The molecule has 0 fully saturated rings. The van der Waals surface area contributed by atoms with Crippen LogP contribution in [0, 0.1) is 0 Å². The fourth-order valence-electron chi connectivity index (χ4n) is 1.34. The number of nitrogens with two attached hydrogens (primary N) is 1. The Bertz CT molecular complexity index is 643. The van der Waals surface area contributed by atoms with Gasteiger partial charge in [0.05, 0.1) is 11.5 Å². The number of sulfonamides is 1. The molecule has 4 N–H and O–H groups in total. The van der Waals surface area contributed by atoms with E-state index in [0.29, 0.717) is 5.56 Å². The van der Waals surface area contributed by atoms with Gasteiger partial charge in [0.25, 0.3) is 10.2 Å². The van der Waals surface area contributed by atoms with Crippen LogP contribution < -0.4 is 14.6 Å². The standard InChI is InChI=1S/C10H17N3O5S2/c1-18-6-5-12-20(16,17)13-8-9-3-2-4-10(7-9)19(11,14)15/h2-4,7,12-13H,5-6,8H2,1H3,(H2,11,14,15). The predicted molar refractivity (Wildman–Crippen MR) is 73.5 cm³/mol. The fourth-order valence-corrected chi connectivity index (χ4v) is 2.73. The second kappa shape index (κ2) is 7.11. The van der Waals surface area contributed by atoms with Crippen molar-refractivity contribution >= 4 is 20.2 Å². The number of nitrogens with one attached hydrogen (secondary N) is 2. The Morgan fingerprint density at radius 3 is 2.50 bits per heavy atom. The average molecular weight is 323 g/mol. The van der Waals surface area contributed by atoms with E-state index in [-0.39, 0.29) is 24.6 Å². The van der Waals surface area contributed by atoms with Crippen LogP contribution in [-0.2, 0) is 31.5 Å². The molecule has 0 bridgehead atoms. The highest BCUT2D eigenvalue weighted by atomic mass is 32.2. The second-order valence-electron chi connectivity index (χ2n) is 3.90. The minimum absolute atomic E-state index is 0.0499. The molecule has 8 nitrogen and oxygen atoms in total. The monoisotopic (exact) mass is 323 g/mol. The zero-order chi connectivity index (χ0) is 15.2. The molecule has 10 heteroatoms. The van der Waals surface area contributed by atoms with E-state index in [1.54, 1.807) is 6.07 Å². The van der Waals surface area contributed by atoms with Crippen LogP contribution in [0.15, 0.2) is 29.2 Å². The first-order chi connectivity index (χ1) is 9.24. The van der Waals surface area contributed by atoms with Crippen molar-refractivity contribution < 1.29 is 21.6 Å². The van der Waals surface area contributed by atoms with E-state index in [1.807, 2.05) is 0 Å². The number of ether oxygens (including phenoxy) is 1. The van der Waals surface area contributed by atoms with Crippen molar-refractivity contribution in [3.8, 4) is 0 Å². The van der Waals surface area contributed by atoms with E-state index in [4.69, 9.17) is 9.88 Å². The van der Waals surface area contributed by atoms with Crippen LogP contribution in [0.3, 0.4) is 0 Å². The molecule has 114 valence electrons. The lowest BCUT2D eigenvalue weighted by atomic mass is 10.2. The molecule has 1 aromatic carbocycles. The van der Waals surface area contributed by atoms with Crippen LogP contribution in [0.2, 0.25) is 0 Å². The molecule has 0 spiro atoms. The normalized spacial score (nSPS) is 12.5. The van der Waals surface area contributed by atoms with E-state index in [9.17, 15) is 16.8 Å². The smallest absolute Gasteiger partial charge is 0.277 e. The summed E-state index contributed by atoms with van der Waals surface area (Å²) in [4.78, 5) is -0.0680. The summed E-state index contributed by atoms with van der Waals surface area (Å²) in [6.07, 6.45) is 0. The van der Waals surface area contributed by atoms with Gasteiger partial charge in [-0.15, -0.1) is 0 Å². The number of rotatable bonds is 8. The zero-order valence-electron chi connectivity index (χ0n) is 10.9. The van der Waals surface area contributed by atoms with Gasteiger partial charge >= 0.3 is 0 Å². The highest BCUT2D eigenvalue weighted by molar-refractivity contribution is 7.89. The lowest BCUT2D eigenvalue weighted by Gasteiger charge is -2.08. The topological polar surface area (TPSA) is 128 Å². The van der Waals surface area contributed by atoms with Gasteiger partial charge in [0, 0.05) is 20.2 Å². The first-order valence-electron chi connectivity index (χ1n) is 5.59. The number of hydrogen-bond acceptors (Lipinski definition) is 5. The molecular weight excluding hydrogens is 306 g/mol. The largest absolute Gasteiger partial charge is 0.383 e. The maximum atomic E-state index is 11.5. The van der Waals surface area contributed by atoms with Gasteiger partial charge in [0.2, 0.25) is 10.0 Å². The Labute approximate surface area is 118 Å². The van der Waals surface area contributed by atoms with Crippen molar-refractivity contribution in [1.82, 2.24) is 9.44 Å². The summed E-state index contributed by atoms with van der Waals surface area (Å²) in [6.45, 7) is 0.344. The van der Waals surface area contributed by atoms with Crippen molar-refractivity contribution in [2.75, 3.05) is 20.3 Å². The molecule has 0 saturated heterocycles. The Morgan fingerprint density at radius 2 is 1.90 bits per heavy atom. The van der Waals surface area contributed by atoms with Gasteiger partial charge in [-0.25, -0.2) is 13.6 Å². The molecule has 0 aliphatic rings. The first kappa shape index (κ1) is 17.0. The summed E-state index contributed by atoms with van der Waals surface area (Å²) >= 11 is 0. The lowest BCUT2D eigenvalue weighted by molar-refractivity contribution is 0.204. The number of primary sulfonamides is 1. The van der Waals surface area contributed by atoms with Gasteiger partial charge in [-0.05, 0) is 17.7 Å². The van der Waals surface area contributed by atoms with E-state index in [0.717, 1.165) is 0 Å². The molecule has 0 heterocycles. The second-order valence-corrected chi connectivity index (χ2v) is 7.05. The molecule has 0 amide bonds. The van der Waals surface area contributed by atoms with Crippen LogP contribution in [0.5, 0.6) is 0 Å². The van der Waals surface area contributed by atoms with E-state index in [1.165, 1.54) is 25.3 Å². The molecule has 20 heavy (non-hydrogen) atoms. The third kappa shape index (κ3) is 5.94. The lowest BCUT2D eigenvalue weighted by Crippen LogP contribution is -2.37. The van der Waals surface area contributed by atoms with Crippen LogP contribution in [0.4, 0.5) is 0 Å². The van der Waals surface area contributed by atoms with Gasteiger partial charge in [-0.1, -0.05) is 12.1 Å². The summed E-state index contributed by atoms with van der Waals surface area (Å²) in [6, 6.07) is 5.73. The molecule has 0 saturated carbocycles. The molecule has 1 aromatic rings. The summed E-state index contributed by atoms with van der Waals surface area (Å²) in [5.41, 5.74) is 0.480. The first-order valence-corrected chi connectivity index (χ1v) is 8.62. The van der Waals surface area contributed by atoms with E-state index in [2.05, 4.69) is 9.44 Å². The molecule has 0 aromatic heterocycles. The highest BCUT2D eigenvalue weighted by Crippen LogP contribution is 2.09. The van der Waals surface area contributed by atoms with Gasteiger partial charge in [-0.3, -0.25) is 0 Å². The summed E-state index contributed by atoms with van der Waals surface area (Å²) < 4.78 is 54.7. The predicted octanol–water partition coefficient (Wildman–Crippen LogP) is -1.10. The maximum Gasteiger partial charge on any atom is 0.277 e. The van der Waals surface area contributed by atoms with Crippen LogP contribution in [0.1, 0.15) is 5.56 Å². The molecule has 0 radical (unpaired) electrons. The highest BCUT2D eigenvalue weighted by Gasteiger charge is 2.11. The quantitative estimate of drug-likeness (QED) is 0.523. The van der Waals surface area contributed by atoms with Crippen molar-refractivity contribution in [3.05, 3.63) is 29.8 Å². The van der Waals surface area contributed by atoms with Crippen LogP contribution >= 0.6 is 0 Å². The number of methoxy groups -OCH3 is 1. The molecule has 0 unspecified atom stereocenters. The molecule has 1 rings (SSSR count). The molecule has 0 aliphatic carbocycles. The third-order valence-electron chi connectivity index (χ3n) is 2.29. The van der Waals surface area contributed by atoms with Gasteiger partial charge < -0.3 is 4.74 Å². The molecule has 0 aliphatic heterocycles. The van der Waals surface area contributed by atoms with Crippen molar-refractivity contribution in [3.63, 3.8) is 0 Å². The van der Waals surface area contributed by atoms with Crippen LogP contribution in [-0.4, -0.2) is 37.1 Å². The van der Waals surface area contributed by atoms with Gasteiger partial charge in [-0.2, -0.15) is 17.9 Å². The summed E-state index contributed by atoms with van der Waals surface area (Å²) in [5, 5.41) is 5.00. The average Bonchev–Trinajstić information content (AvgIpc) is 2.36. The third-order valence-corrected chi connectivity index (χ3v) is 4.31. The Balaban J connectivity index is 2.66. The Morgan fingerprint density at radius 1 is 1.20 bits per heavy atom. The van der Waals surface area contributed by atoms with Crippen molar-refractivity contribution in [2.24, 2.45) is 5.14 Å². The number of benzene rings is 1. The zero-order valence-corrected chi connectivity index (χ0v) is 12.5. The van der Waals surface area contributed by atoms with Crippen LogP contribution in [0.25, 0.3) is 0 Å². The summed E-state index contributed by atoms with van der Waals surface area (Å²) in [5.74, 6) is 0. The Hall–Kier alpha value is -1.04. The minimum atomic E-state index is -3.81. The van der Waals surface area contributed by atoms with E-state index < -0.39 is 20.2 Å². The SMILES string of the molecule is COCCNS(=O)(=O)NCc1cccc(S(N)(=O)=O)c1. The maximum absolute atomic E-state index is 11.5. The number of hydrogen-bond donors (Lipinski definition) is 3. The molecule has 0 atom stereocenters. The van der Waals surface area contributed by atoms with Gasteiger partial charge in [0.15, 0.2) is 0 Å². The van der Waals surface area contributed by atoms with Crippen molar-refractivity contribution in [1.29, 1.82) is 0 Å². The summed E-state index contributed by atoms with van der Waals surface area (Å²) in [7, 11) is -6.01.